The van der Waals surface area contributed by atoms with E-state index in [9.17, 15) is 0 Å². The fraction of sp³-hybridized carbons (Fsp3) is 0.500. The number of ether oxygens (including phenoxy) is 1. The van der Waals surface area contributed by atoms with Gasteiger partial charge in [0.25, 0.3) is 0 Å². The molecule has 82 valence electrons. The first-order valence-electron chi connectivity index (χ1n) is 5.30. The van der Waals surface area contributed by atoms with Crippen LogP contribution in [0.15, 0.2) is 23.1 Å². The summed E-state index contributed by atoms with van der Waals surface area (Å²) in [7, 11) is 1.75. The number of hydrogen-bond donors (Lipinski definition) is 1. The Hall–Kier alpha value is -0.670. The average Bonchev–Trinajstić information content (AvgIpc) is 2.81. The molecule has 1 N–H and O–H groups in total. The van der Waals surface area contributed by atoms with Crippen molar-refractivity contribution in [3.8, 4) is 5.75 Å². The Morgan fingerprint density at radius 1 is 1.47 bits per heavy atom. The van der Waals surface area contributed by atoms with E-state index in [0.29, 0.717) is 6.04 Å². The van der Waals surface area contributed by atoms with Crippen molar-refractivity contribution in [1.82, 2.24) is 5.32 Å². The van der Waals surface area contributed by atoms with Gasteiger partial charge in [0, 0.05) is 16.5 Å². The predicted molar refractivity (Wildman–Crippen MR) is 64.8 cm³/mol. The molecule has 1 unspecified atom stereocenters. The third-order valence-corrected chi connectivity index (χ3v) is 3.60. The van der Waals surface area contributed by atoms with Crippen molar-refractivity contribution in [2.75, 3.05) is 19.9 Å². The quantitative estimate of drug-likeness (QED) is 0.796. The second kappa shape index (κ2) is 4.90. The van der Waals surface area contributed by atoms with Crippen LogP contribution in [-0.4, -0.2) is 19.9 Å². The van der Waals surface area contributed by atoms with E-state index in [1.54, 1.807) is 18.9 Å². The summed E-state index contributed by atoms with van der Waals surface area (Å²) < 4.78 is 5.45. The van der Waals surface area contributed by atoms with Gasteiger partial charge in [-0.1, -0.05) is 6.07 Å². The van der Waals surface area contributed by atoms with Crippen LogP contribution in [0.2, 0.25) is 0 Å². The molecule has 0 saturated carbocycles. The zero-order valence-corrected chi connectivity index (χ0v) is 10.1. The molecule has 0 bridgehead atoms. The Morgan fingerprint density at radius 2 is 2.33 bits per heavy atom. The Balaban J connectivity index is 2.29. The van der Waals surface area contributed by atoms with Gasteiger partial charge in [-0.25, -0.2) is 0 Å². The van der Waals surface area contributed by atoms with Gasteiger partial charge in [-0.3, -0.25) is 0 Å². The molecule has 1 saturated heterocycles. The summed E-state index contributed by atoms with van der Waals surface area (Å²) >= 11 is 1.75. The lowest BCUT2D eigenvalue weighted by Gasteiger charge is -2.15. The standard InChI is InChI=1S/C12H17NOS/c1-14-12-8-9(15-2)5-6-10(12)11-4-3-7-13-11/h5-6,8,11,13H,3-4,7H2,1-2H3. The van der Waals surface area contributed by atoms with E-state index in [1.165, 1.54) is 23.3 Å². The number of methoxy groups -OCH3 is 1. The van der Waals surface area contributed by atoms with Crippen molar-refractivity contribution in [2.45, 2.75) is 23.8 Å². The summed E-state index contributed by atoms with van der Waals surface area (Å²) in [4.78, 5) is 1.26. The molecular formula is C12H17NOS. The van der Waals surface area contributed by atoms with E-state index in [0.717, 1.165) is 12.3 Å². The molecule has 1 aromatic carbocycles. The molecule has 1 aliphatic rings. The number of rotatable bonds is 3. The molecule has 1 aliphatic heterocycles. The third-order valence-electron chi connectivity index (χ3n) is 2.88. The number of thioether (sulfide) groups is 1. The normalized spacial score (nSPS) is 20.5. The van der Waals surface area contributed by atoms with Crippen LogP contribution in [0.3, 0.4) is 0 Å². The molecule has 1 heterocycles. The number of hydrogen-bond acceptors (Lipinski definition) is 3. The highest BCUT2D eigenvalue weighted by atomic mass is 32.2. The maximum absolute atomic E-state index is 5.45. The number of benzene rings is 1. The smallest absolute Gasteiger partial charge is 0.124 e. The third kappa shape index (κ3) is 2.29. The zero-order valence-electron chi connectivity index (χ0n) is 9.25. The summed E-state index contributed by atoms with van der Waals surface area (Å²) in [6.45, 7) is 1.12. The van der Waals surface area contributed by atoms with E-state index in [1.807, 2.05) is 0 Å². The molecule has 1 fully saturated rings. The summed E-state index contributed by atoms with van der Waals surface area (Å²) in [5, 5.41) is 3.50. The van der Waals surface area contributed by atoms with Crippen LogP contribution in [-0.2, 0) is 0 Å². The average molecular weight is 223 g/mol. The first kappa shape index (κ1) is 10.8. The van der Waals surface area contributed by atoms with Gasteiger partial charge in [0.2, 0.25) is 0 Å². The highest BCUT2D eigenvalue weighted by molar-refractivity contribution is 7.98. The van der Waals surface area contributed by atoms with Gasteiger partial charge in [-0.15, -0.1) is 11.8 Å². The Morgan fingerprint density at radius 3 is 2.93 bits per heavy atom. The molecule has 1 aromatic rings. The van der Waals surface area contributed by atoms with Crippen LogP contribution >= 0.6 is 11.8 Å². The molecule has 2 rings (SSSR count). The Labute approximate surface area is 95.4 Å². The van der Waals surface area contributed by atoms with Gasteiger partial charge in [0.1, 0.15) is 5.75 Å². The first-order valence-corrected chi connectivity index (χ1v) is 6.53. The highest BCUT2D eigenvalue weighted by Gasteiger charge is 2.19. The van der Waals surface area contributed by atoms with Crippen molar-refractivity contribution in [3.63, 3.8) is 0 Å². The van der Waals surface area contributed by atoms with E-state index in [4.69, 9.17) is 4.74 Å². The molecule has 0 amide bonds. The lowest BCUT2D eigenvalue weighted by Crippen LogP contribution is -2.13. The van der Waals surface area contributed by atoms with Gasteiger partial charge in [-0.05, 0) is 37.8 Å². The van der Waals surface area contributed by atoms with Crippen molar-refractivity contribution in [3.05, 3.63) is 23.8 Å². The highest BCUT2D eigenvalue weighted by Crippen LogP contribution is 2.33. The fourth-order valence-electron chi connectivity index (χ4n) is 2.06. The summed E-state index contributed by atoms with van der Waals surface area (Å²) in [5.74, 6) is 1.02. The lowest BCUT2D eigenvalue weighted by molar-refractivity contribution is 0.402. The Kier molecular flexibility index (Phi) is 3.54. The summed E-state index contributed by atoms with van der Waals surface area (Å²) in [6, 6.07) is 6.96. The molecule has 0 radical (unpaired) electrons. The lowest BCUT2D eigenvalue weighted by atomic mass is 10.0. The first-order chi connectivity index (χ1) is 7.35. The summed E-state index contributed by atoms with van der Waals surface area (Å²) in [5.41, 5.74) is 1.30. The topological polar surface area (TPSA) is 21.3 Å². The van der Waals surface area contributed by atoms with Gasteiger partial charge in [0.15, 0.2) is 0 Å². The van der Waals surface area contributed by atoms with Crippen molar-refractivity contribution in [1.29, 1.82) is 0 Å². The van der Waals surface area contributed by atoms with E-state index < -0.39 is 0 Å². The van der Waals surface area contributed by atoms with Gasteiger partial charge < -0.3 is 10.1 Å². The van der Waals surface area contributed by atoms with Crippen molar-refractivity contribution >= 4 is 11.8 Å². The monoisotopic (exact) mass is 223 g/mol. The fourth-order valence-corrected chi connectivity index (χ4v) is 2.49. The zero-order chi connectivity index (χ0) is 10.7. The van der Waals surface area contributed by atoms with Crippen LogP contribution in [0, 0.1) is 0 Å². The number of nitrogens with one attached hydrogen (secondary N) is 1. The minimum atomic E-state index is 0.482. The molecule has 1 atom stereocenters. The second-order valence-corrected chi connectivity index (χ2v) is 4.64. The minimum absolute atomic E-state index is 0.482. The van der Waals surface area contributed by atoms with Crippen LogP contribution in [0.4, 0.5) is 0 Å². The summed E-state index contributed by atoms with van der Waals surface area (Å²) in [6.07, 6.45) is 4.56. The molecular weight excluding hydrogens is 206 g/mol. The Bertz CT molecular complexity index is 334. The van der Waals surface area contributed by atoms with Crippen LogP contribution in [0.5, 0.6) is 5.75 Å². The molecule has 0 aromatic heterocycles. The largest absolute Gasteiger partial charge is 0.496 e. The van der Waals surface area contributed by atoms with Crippen LogP contribution in [0.1, 0.15) is 24.4 Å². The maximum atomic E-state index is 5.45. The minimum Gasteiger partial charge on any atom is -0.496 e. The van der Waals surface area contributed by atoms with Crippen molar-refractivity contribution < 1.29 is 4.74 Å². The molecule has 15 heavy (non-hydrogen) atoms. The van der Waals surface area contributed by atoms with Gasteiger partial charge in [0.05, 0.1) is 7.11 Å². The van der Waals surface area contributed by atoms with Gasteiger partial charge in [-0.2, -0.15) is 0 Å². The molecule has 0 aliphatic carbocycles. The molecule has 3 heteroatoms. The van der Waals surface area contributed by atoms with E-state index >= 15 is 0 Å². The van der Waals surface area contributed by atoms with Crippen molar-refractivity contribution in [2.24, 2.45) is 0 Å². The maximum Gasteiger partial charge on any atom is 0.124 e. The van der Waals surface area contributed by atoms with E-state index in [2.05, 4.69) is 29.8 Å². The van der Waals surface area contributed by atoms with E-state index in [-0.39, 0.29) is 0 Å². The van der Waals surface area contributed by atoms with Crippen LogP contribution in [0.25, 0.3) is 0 Å². The second-order valence-electron chi connectivity index (χ2n) is 3.76. The molecule has 0 spiro atoms. The van der Waals surface area contributed by atoms with Gasteiger partial charge >= 0.3 is 0 Å². The SMILES string of the molecule is COc1cc(SC)ccc1C1CCCN1. The van der Waals surface area contributed by atoms with Crippen LogP contribution < -0.4 is 10.1 Å². The predicted octanol–water partition coefficient (Wildman–Crippen LogP) is 2.84. The molecule has 2 nitrogen and oxygen atoms in total.